The molecule has 1 heterocycles. The van der Waals surface area contributed by atoms with E-state index in [4.69, 9.17) is 4.42 Å². The first kappa shape index (κ1) is 19.5. The number of hydrogen-bond acceptors (Lipinski definition) is 6. The normalized spacial score (nSPS) is 12.0. The van der Waals surface area contributed by atoms with Crippen LogP contribution in [0.5, 0.6) is 0 Å². The monoisotopic (exact) mass is 411 g/mol. The summed E-state index contributed by atoms with van der Waals surface area (Å²) in [7, 11) is -3.36. The van der Waals surface area contributed by atoms with Gasteiger partial charge in [-0.1, -0.05) is 11.2 Å². The third kappa shape index (κ3) is 4.36. The van der Waals surface area contributed by atoms with Crippen molar-refractivity contribution >= 4 is 21.8 Å². The lowest BCUT2D eigenvalue weighted by Gasteiger charge is -2.07. The van der Waals surface area contributed by atoms with Gasteiger partial charge in [0.05, 0.1) is 10.5 Å². The molecule has 146 valence electrons. The molecule has 0 atom stereocenters. The zero-order valence-corrected chi connectivity index (χ0v) is 15.0. The number of anilines is 1. The smallest absolute Gasteiger partial charge is 0.403 e. The zero-order chi connectivity index (χ0) is 20.5. The molecule has 0 radical (unpaired) electrons. The lowest BCUT2D eigenvalue weighted by molar-refractivity contribution is -0.137. The van der Waals surface area contributed by atoms with Gasteiger partial charge in [-0.15, -0.1) is 5.10 Å². The van der Waals surface area contributed by atoms with Crippen molar-refractivity contribution in [1.29, 1.82) is 0 Å². The van der Waals surface area contributed by atoms with Crippen molar-refractivity contribution in [3.63, 3.8) is 0 Å². The van der Waals surface area contributed by atoms with Gasteiger partial charge in [0.1, 0.15) is 0 Å². The molecule has 0 aliphatic heterocycles. The van der Waals surface area contributed by atoms with Crippen molar-refractivity contribution in [2.45, 2.75) is 11.1 Å². The van der Waals surface area contributed by atoms with Crippen LogP contribution < -0.4 is 5.32 Å². The van der Waals surface area contributed by atoms with Crippen molar-refractivity contribution in [3.05, 3.63) is 59.7 Å². The maximum atomic E-state index is 12.7. The van der Waals surface area contributed by atoms with Crippen LogP contribution in [0.1, 0.15) is 15.9 Å². The third-order valence-corrected chi connectivity index (χ3v) is 4.76. The van der Waals surface area contributed by atoms with Crippen LogP contribution in [0.25, 0.3) is 11.5 Å². The average molecular weight is 411 g/mol. The Labute approximate surface area is 157 Å². The van der Waals surface area contributed by atoms with Gasteiger partial charge < -0.3 is 4.42 Å². The van der Waals surface area contributed by atoms with Crippen LogP contribution in [0.3, 0.4) is 0 Å². The average Bonchev–Trinajstić information content (AvgIpc) is 3.09. The van der Waals surface area contributed by atoms with E-state index in [2.05, 4.69) is 15.5 Å². The summed E-state index contributed by atoms with van der Waals surface area (Å²) in [5.41, 5.74) is -0.788. The van der Waals surface area contributed by atoms with Crippen molar-refractivity contribution in [3.8, 4) is 11.5 Å². The van der Waals surface area contributed by atoms with Gasteiger partial charge in [0.25, 0.3) is 5.91 Å². The van der Waals surface area contributed by atoms with Crippen LogP contribution in [0.15, 0.2) is 57.8 Å². The van der Waals surface area contributed by atoms with Crippen molar-refractivity contribution in [1.82, 2.24) is 10.2 Å². The Bertz CT molecular complexity index is 1120. The third-order valence-electron chi connectivity index (χ3n) is 3.63. The highest BCUT2D eigenvalue weighted by Gasteiger charge is 2.31. The molecule has 0 bridgehead atoms. The summed E-state index contributed by atoms with van der Waals surface area (Å²) in [5, 5.41) is 9.55. The largest absolute Gasteiger partial charge is 0.416 e. The number of sulfone groups is 1. The van der Waals surface area contributed by atoms with E-state index in [0.717, 1.165) is 18.4 Å². The lowest BCUT2D eigenvalue weighted by Crippen LogP contribution is -2.14. The Balaban J connectivity index is 1.77. The van der Waals surface area contributed by atoms with E-state index in [0.29, 0.717) is 11.6 Å². The maximum Gasteiger partial charge on any atom is 0.416 e. The highest BCUT2D eigenvalue weighted by molar-refractivity contribution is 7.90. The molecule has 0 aliphatic rings. The van der Waals surface area contributed by atoms with Crippen LogP contribution >= 0.6 is 0 Å². The van der Waals surface area contributed by atoms with E-state index in [1.165, 1.54) is 30.3 Å². The number of nitrogens with zero attached hydrogens (tertiary/aromatic N) is 2. The van der Waals surface area contributed by atoms with Crippen LogP contribution in [0, 0.1) is 0 Å². The number of carbonyl (C=O) groups excluding carboxylic acids is 1. The predicted octanol–water partition coefficient (Wildman–Crippen LogP) is 3.41. The Morgan fingerprint density at radius 1 is 1.07 bits per heavy atom. The quantitative estimate of drug-likeness (QED) is 0.706. The minimum absolute atomic E-state index is 0.000562. The van der Waals surface area contributed by atoms with E-state index >= 15 is 0 Å². The van der Waals surface area contributed by atoms with Gasteiger partial charge in [0.15, 0.2) is 9.84 Å². The molecule has 0 aliphatic carbocycles. The molecule has 0 saturated carbocycles. The highest BCUT2D eigenvalue weighted by Crippen LogP contribution is 2.29. The number of alkyl halides is 3. The second-order valence-electron chi connectivity index (χ2n) is 5.74. The zero-order valence-electron chi connectivity index (χ0n) is 14.2. The molecule has 28 heavy (non-hydrogen) atoms. The molecule has 0 fully saturated rings. The molecule has 1 amide bonds. The molecule has 7 nitrogen and oxygen atoms in total. The molecule has 0 unspecified atom stereocenters. The van der Waals surface area contributed by atoms with Gasteiger partial charge in [-0.3, -0.25) is 10.1 Å². The molecule has 0 spiro atoms. The number of halogens is 3. The molecular weight excluding hydrogens is 399 g/mol. The number of hydrogen-bond donors (Lipinski definition) is 1. The van der Waals surface area contributed by atoms with E-state index in [1.807, 2.05) is 0 Å². The van der Waals surface area contributed by atoms with Gasteiger partial charge in [-0.2, -0.15) is 13.2 Å². The van der Waals surface area contributed by atoms with Crippen LogP contribution in [-0.4, -0.2) is 30.8 Å². The Morgan fingerprint density at radius 3 is 2.36 bits per heavy atom. The van der Waals surface area contributed by atoms with Crippen LogP contribution in [0.4, 0.5) is 19.2 Å². The summed E-state index contributed by atoms with van der Waals surface area (Å²) in [6.45, 7) is 0. The Hall–Kier alpha value is -3.21. The van der Waals surface area contributed by atoms with Gasteiger partial charge >= 0.3 is 12.2 Å². The molecule has 1 aromatic heterocycles. The van der Waals surface area contributed by atoms with Crippen molar-refractivity contribution < 1.29 is 30.8 Å². The molecular formula is C17H12F3N3O4S. The molecule has 3 rings (SSSR count). The minimum atomic E-state index is -4.58. The summed E-state index contributed by atoms with van der Waals surface area (Å²) < 4.78 is 66.4. The SMILES string of the molecule is CS(=O)(=O)c1ccc(-c2nnc(NC(=O)c3cccc(C(F)(F)F)c3)o2)cc1. The first-order valence-corrected chi connectivity index (χ1v) is 9.56. The van der Waals surface area contributed by atoms with E-state index < -0.39 is 27.5 Å². The summed E-state index contributed by atoms with van der Waals surface area (Å²) >= 11 is 0. The standard InChI is InChI=1S/C17H12F3N3O4S/c1-28(25,26)13-7-5-10(6-8-13)15-22-23-16(27-15)21-14(24)11-3-2-4-12(9-11)17(18,19)20/h2-9H,1H3,(H,21,23,24). The number of benzene rings is 2. The maximum absolute atomic E-state index is 12.7. The predicted molar refractivity (Wildman–Crippen MR) is 92.2 cm³/mol. The molecule has 11 heteroatoms. The molecule has 3 aromatic rings. The van der Waals surface area contributed by atoms with Crippen LogP contribution in [0.2, 0.25) is 0 Å². The molecule has 0 saturated heterocycles. The lowest BCUT2D eigenvalue weighted by atomic mass is 10.1. The summed E-state index contributed by atoms with van der Waals surface area (Å²) in [4.78, 5) is 12.2. The Morgan fingerprint density at radius 2 is 1.75 bits per heavy atom. The van der Waals surface area contributed by atoms with Crippen LogP contribution in [-0.2, 0) is 16.0 Å². The first-order chi connectivity index (χ1) is 13.0. The number of rotatable bonds is 4. The Kier molecular flexibility index (Phi) is 4.94. The number of nitrogens with one attached hydrogen (secondary N) is 1. The fraction of sp³-hybridized carbons (Fsp3) is 0.118. The van der Waals surface area contributed by atoms with Crippen molar-refractivity contribution in [2.24, 2.45) is 0 Å². The van der Waals surface area contributed by atoms with E-state index in [9.17, 15) is 26.4 Å². The van der Waals surface area contributed by atoms with Crippen molar-refractivity contribution in [2.75, 3.05) is 11.6 Å². The van der Waals surface area contributed by atoms with Gasteiger partial charge in [-0.05, 0) is 42.5 Å². The minimum Gasteiger partial charge on any atom is -0.403 e. The fourth-order valence-electron chi connectivity index (χ4n) is 2.24. The number of amides is 1. The molecule has 2 aromatic carbocycles. The second-order valence-corrected chi connectivity index (χ2v) is 7.76. The van der Waals surface area contributed by atoms with E-state index in [-0.39, 0.29) is 22.4 Å². The topological polar surface area (TPSA) is 102 Å². The van der Waals surface area contributed by atoms with Gasteiger partial charge in [-0.25, -0.2) is 8.42 Å². The molecule has 1 N–H and O–H groups in total. The summed E-state index contributed by atoms with van der Waals surface area (Å²) in [6.07, 6.45) is -3.51. The van der Waals surface area contributed by atoms with Gasteiger partial charge in [0, 0.05) is 17.4 Å². The number of aromatic nitrogens is 2. The summed E-state index contributed by atoms with van der Waals surface area (Å²) in [5.74, 6) is -0.854. The summed E-state index contributed by atoms with van der Waals surface area (Å²) in [6, 6.07) is 9.17. The first-order valence-electron chi connectivity index (χ1n) is 7.66. The van der Waals surface area contributed by atoms with E-state index in [1.54, 1.807) is 0 Å². The van der Waals surface area contributed by atoms with Gasteiger partial charge in [0.2, 0.25) is 5.89 Å². The number of carbonyl (C=O) groups is 1. The highest BCUT2D eigenvalue weighted by atomic mass is 32.2. The fourth-order valence-corrected chi connectivity index (χ4v) is 2.87. The second kappa shape index (κ2) is 7.08.